The summed E-state index contributed by atoms with van der Waals surface area (Å²) in [5.74, 6) is -1.76. The van der Waals surface area contributed by atoms with Crippen LogP contribution >= 0.6 is 11.3 Å². The van der Waals surface area contributed by atoms with Crippen molar-refractivity contribution in [3.8, 4) is 0 Å². The Balaban J connectivity index is 1.42. The maximum absolute atomic E-state index is 13.3. The minimum atomic E-state index is -4.66. The minimum absolute atomic E-state index is 0.185. The third kappa shape index (κ3) is 4.48. The van der Waals surface area contributed by atoms with Crippen molar-refractivity contribution in [3.05, 3.63) is 47.1 Å². The maximum Gasteiger partial charge on any atom is 0.449 e. The third-order valence-electron chi connectivity index (χ3n) is 4.87. The number of thiophene rings is 1. The van der Waals surface area contributed by atoms with E-state index in [1.165, 1.54) is 37.6 Å². The van der Waals surface area contributed by atoms with E-state index < -0.39 is 24.5 Å². The zero-order chi connectivity index (χ0) is 21.1. The van der Waals surface area contributed by atoms with E-state index in [0.717, 1.165) is 27.5 Å². The SMILES string of the molecule is O=C(Cn1c(C(F)(F)F)nc2ccccc21)N/N=C/c1ccc(N2CCCCC2)s1. The zero-order valence-electron chi connectivity index (χ0n) is 16.0. The Morgan fingerprint density at radius 2 is 1.93 bits per heavy atom. The number of carbonyl (C=O) groups excluding carboxylic acids is 1. The first-order chi connectivity index (χ1) is 14.4. The van der Waals surface area contributed by atoms with Crippen molar-refractivity contribution < 1.29 is 18.0 Å². The predicted molar refractivity (Wildman–Crippen MR) is 111 cm³/mol. The predicted octanol–water partition coefficient (Wildman–Crippen LogP) is 4.26. The second kappa shape index (κ2) is 8.47. The number of halogens is 3. The molecule has 0 aliphatic carbocycles. The molecule has 1 aromatic carbocycles. The molecular weight excluding hydrogens is 415 g/mol. The molecule has 4 rings (SSSR count). The Bertz CT molecular complexity index is 1070. The van der Waals surface area contributed by atoms with Crippen molar-refractivity contribution >= 4 is 39.5 Å². The summed E-state index contributed by atoms with van der Waals surface area (Å²) in [7, 11) is 0. The number of hydrogen-bond acceptors (Lipinski definition) is 5. The van der Waals surface area contributed by atoms with Crippen LogP contribution in [0.25, 0.3) is 11.0 Å². The molecule has 1 saturated heterocycles. The van der Waals surface area contributed by atoms with Gasteiger partial charge in [0.2, 0.25) is 5.82 Å². The number of carbonyl (C=O) groups is 1. The van der Waals surface area contributed by atoms with Gasteiger partial charge >= 0.3 is 6.18 Å². The van der Waals surface area contributed by atoms with E-state index in [2.05, 4.69) is 20.4 Å². The maximum atomic E-state index is 13.3. The van der Waals surface area contributed by atoms with E-state index >= 15 is 0 Å². The fourth-order valence-electron chi connectivity index (χ4n) is 3.49. The number of para-hydroxylation sites is 2. The molecule has 0 unspecified atom stereocenters. The van der Waals surface area contributed by atoms with Gasteiger partial charge < -0.3 is 9.47 Å². The van der Waals surface area contributed by atoms with Crippen molar-refractivity contribution in [1.82, 2.24) is 15.0 Å². The van der Waals surface area contributed by atoms with E-state index in [1.54, 1.807) is 23.5 Å². The number of anilines is 1. The lowest BCUT2D eigenvalue weighted by molar-refractivity contribution is -0.147. The van der Waals surface area contributed by atoms with Crippen LogP contribution in [0.4, 0.5) is 18.2 Å². The molecule has 1 amide bonds. The van der Waals surface area contributed by atoms with Crippen LogP contribution in [0, 0.1) is 0 Å². The molecule has 0 spiro atoms. The molecule has 158 valence electrons. The molecule has 2 aromatic heterocycles. The fourth-order valence-corrected chi connectivity index (χ4v) is 4.43. The van der Waals surface area contributed by atoms with Gasteiger partial charge in [0.15, 0.2) is 0 Å². The average Bonchev–Trinajstić information content (AvgIpc) is 3.34. The summed E-state index contributed by atoms with van der Waals surface area (Å²) in [5.41, 5.74) is 2.74. The number of fused-ring (bicyclic) bond motifs is 1. The zero-order valence-corrected chi connectivity index (χ0v) is 16.8. The number of amides is 1. The first-order valence-corrected chi connectivity index (χ1v) is 10.4. The molecule has 1 N–H and O–H groups in total. The summed E-state index contributed by atoms with van der Waals surface area (Å²) in [6, 6.07) is 10.1. The van der Waals surface area contributed by atoms with E-state index in [1.807, 2.05) is 12.1 Å². The lowest BCUT2D eigenvalue weighted by Gasteiger charge is -2.27. The van der Waals surface area contributed by atoms with Crippen LogP contribution in [0.3, 0.4) is 0 Å². The summed E-state index contributed by atoms with van der Waals surface area (Å²) in [6.07, 6.45) is 0.460. The smallest absolute Gasteiger partial charge is 0.363 e. The Hall–Kier alpha value is -2.88. The van der Waals surface area contributed by atoms with Gasteiger partial charge in [-0.3, -0.25) is 4.79 Å². The molecule has 0 bridgehead atoms. The average molecular weight is 435 g/mol. The second-order valence-corrected chi connectivity index (χ2v) is 8.12. The van der Waals surface area contributed by atoms with Gasteiger partial charge in [-0.2, -0.15) is 18.3 Å². The summed E-state index contributed by atoms with van der Waals surface area (Å²) in [5, 5.41) is 5.06. The first-order valence-electron chi connectivity index (χ1n) is 9.61. The van der Waals surface area contributed by atoms with Gasteiger partial charge in [0, 0.05) is 18.0 Å². The van der Waals surface area contributed by atoms with Crippen molar-refractivity contribution in [3.63, 3.8) is 0 Å². The van der Waals surface area contributed by atoms with Crippen LogP contribution in [-0.4, -0.2) is 34.8 Å². The molecule has 3 heterocycles. The van der Waals surface area contributed by atoms with Crippen LogP contribution in [0.15, 0.2) is 41.5 Å². The largest absolute Gasteiger partial charge is 0.449 e. The molecule has 10 heteroatoms. The number of nitrogens with zero attached hydrogens (tertiary/aromatic N) is 4. The van der Waals surface area contributed by atoms with Gasteiger partial charge in [0.1, 0.15) is 6.54 Å². The quantitative estimate of drug-likeness (QED) is 0.481. The summed E-state index contributed by atoms with van der Waals surface area (Å²) < 4.78 is 40.8. The molecule has 1 fully saturated rings. The van der Waals surface area contributed by atoms with Crippen LogP contribution in [0.5, 0.6) is 0 Å². The van der Waals surface area contributed by atoms with Gasteiger partial charge in [-0.05, 0) is 43.5 Å². The van der Waals surface area contributed by atoms with Crippen LogP contribution in [0.2, 0.25) is 0 Å². The van der Waals surface area contributed by atoms with E-state index in [9.17, 15) is 18.0 Å². The van der Waals surface area contributed by atoms with Crippen LogP contribution in [0.1, 0.15) is 30.0 Å². The van der Waals surface area contributed by atoms with Crippen molar-refractivity contribution in [2.45, 2.75) is 32.0 Å². The monoisotopic (exact) mass is 435 g/mol. The number of hydrogen-bond donors (Lipinski definition) is 1. The summed E-state index contributed by atoms with van der Waals surface area (Å²) >= 11 is 1.57. The number of hydrazone groups is 1. The van der Waals surface area contributed by atoms with Gasteiger partial charge in [0.25, 0.3) is 5.91 Å². The van der Waals surface area contributed by atoms with Gasteiger partial charge in [0.05, 0.1) is 22.2 Å². The lowest BCUT2D eigenvalue weighted by Crippen LogP contribution is -2.28. The summed E-state index contributed by atoms with van der Waals surface area (Å²) in [6.45, 7) is 1.54. The highest BCUT2D eigenvalue weighted by Gasteiger charge is 2.37. The third-order valence-corrected chi connectivity index (χ3v) is 5.95. The molecule has 0 radical (unpaired) electrons. The molecule has 1 aliphatic heterocycles. The highest BCUT2D eigenvalue weighted by Crippen LogP contribution is 2.31. The Morgan fingerprint density at radius 1 is 1.17 bits per heavy atom. The molecule has 0 saturated carbocycles. The number of alkyl halides is 3. The van der Waals surface area contributed by atoms with Crippen molar-refractivity contribution in [2.75, 3.05) is 18.0 Å². The van der Waals surface area contributed by atoms with E-state index in [4.69, 9.17) is 0 Å². The number of piperidine rings is 1. The molecular formula is C20H20F3N5OS. The standard InChI is InChI=1S/C20H20F3N5OS/c21-20(22,23)19-25-15-6-2-3-7-16(15)28(19)13-17(29)26-24-12-14-8-9-18(30-14)27-10-4-1-5-11-27/h2-3,6-9,12H,1,4-5,10-11,13H2,(H,26,29)/b24-12+. The van der Waals surface area contributed by atoms with Crippen molar-refractivity contribution in [1.29, 1.82) is 0 Å². The number of imidazole rings is 1. The highest BCUT2D eigenvalue weighted by molar-refractivity contribution is 7.17. The molecule has 3 aromatic rings. The van der Waals surface area contributed by atoms with Crippen molar-refractivity contribution in [2.24, 2.45) is 5.10 Å². The molecule has 30 heavy (non-hydrogen) atoms. The minimum Gasteiger partial charge on any atom is -0.363 e. The highest BCUT2D eigenvalue weighted by atomic mass is 32.1. The van der Waals surface area contributed by atoms with E-state index in [-0.39, 0.29) is 11.0 Å². The normalized spacial score (nSPS) is 15.2. The van der Waals surface area contributed by atoms with Crippen LogP contribution in [-0.2, 0) is 17.5 Å². The van der Waals surface area contributed by atoms with Crippen LogP contribution < -0.4 is 10.3 Å². The number of rotatable bonds is 5. The number of nitrogens with one attached hydrogen (secondary N) is 1. The molecule has 6 nitrogen and oxygen atoms in total. The number of benzene rings is 1. The Morgan fingerprint density at radius 3 is 2.70 bits per heavy atom. The fraction of sp³-hybridized carbons (Fsp3) is 0.350. The van der Waals surface area contributed by atoms with Gasteiger partial charge in [-0.1, -0.05) is 12.1 Å². The van der Waals surface area contributed by atoms with Gasteiger partial charge in [-0.15, -0.1) is 11.3 Å². The lowest BCUT2D eigenvalue weighted by atomic mass is 10.1. The van der Waals surface area contributed by atoms with Gasteiger partial charge in [-0.25, -0.2) is 10.4 Å². The Kier molecular flexibility index (Phi) is 5.76. The number of aromatic nitrogens is 2. The first kappa shape index (κ1) is 20.4. The second-order valence-electron chi connectivity index (χ2n) is 7.02. The van der Waals surface area contributed by atoms with E-state index in [0.29, 0.717) is 0 Å². The topological polar surface area (TPSA) is 62.5 Å². The summed E-state index contributed by atoms with van der Waals surface area (Å²) in [4.78, 5) is 19.0. The molecule has 0 atom stereocenters. The molecule has 1 aliphatic rings. The Labute approximate surface area is 175 Å².